The van der Waals surface area contributed by atoms with Gasteiger partial charge in [0.05, 0.1) is 18.2 Å². The minimum Gasteiger partial charge on any atom is -0.493 e. The number of aromatic nitrogens is 3. The first kappa shape index (κ1) is 18.1. The number of nitrogens with one attached hydrogen (secondary N) is 1. The maximum absolute atomic E-state index is 12.9. The lowest BCUT2D eigenvalue weighted by Gasteiger charge is -2.26. The van der Waals surface area contributed by atoms with Crippen LogP contribution in [0, 0.1) is 0 Å². The largest absolute Gasteiger partial charge is 0.493 e. The number of hydrogen-bond donors (Lipinski definition) is 2. The number of aliphatic imine (C=N–C) groups is 1. The van der Waals surface area contributed by atoms with E-state index in [1.165, 1.54) is 10.5 Å². The first-order valence-corrected chi connectivity index (χ1v) is 8.61. The van der Waals surface area contributed by atoms with Crippen LogP contribution in [0.5, 0.6) is 5.75 Å². The molecular formula is C18H17F3N6O. The van der Waals surface area contributed by atoms with Crippen LogP contribution in [0.25, 0.3) is 5.65 Å². The predicted octanol–water partition coefficient (Wildman–Crippen LogP) is 2.68. The number of halogens is 3. The third-order valence-electron chi connectivity index (χ3n) is 4.47. The highest BCUT2D eigenvalue weighted by atomic mass is 19.4. The molecule has 0 saturated carbocycles. The maximum Gasteiger partial charge on any atom is 0.417 e. The Morgan fingerprint density at radius 2 is 2.07 bits per heavy atom. The van der Waals surface area contributed by atoms with Crippen molar-refractivity contribution in [2.24, 2.45) is 10.7 Å². The van der Waals surface area contributed by atoms with Crippen molar-refractivity contribution in [1.29, 1.82) is 0 Å². The summed E-state index contributed by atoms with van der Waals surface area (Å²) in [6.45, 7) is 0.545. The standard InChI is InChI=1S/C18H17F3N6O/c19-18(20,21)11-5-6-15-25-26-16(27(15)10-11)9-23-17(22)24-13-7-8-28-14-4-2-1-3-12(13)14/h1-6,10,13H,7-9H2,(H3,22,23,24). The molecule has 0 fully saturated rings. The molecule has 1 unspecified atom stereocenters. The fourth-order valence-electron chi connectivity index (χ4n) is 3.09. The Morgan fingerprint density at radius 1 is 1.25 bits per heavy atom. The minimum absolute atomic E-state index is 0.00776. The first-order chi connectivity index (χ1) is 13.4. The molecular weight excluding hydrogens is 373 g/mol. The van der Waals surface area contributed by atoms with Crippen LogP contribution in [-0.4, -0.2) is 27.2 Å². The molecule has 4 rings (SSSR count). The van der Waals surface area contributed by atoms with Gasteiger partial charge in [-0.3, -0.25) is 4.40 Å². The monoisotopic (exact) mass is 390 g/mol. The van der Waals surface area contributed by atoms with Crippen molar-refractivity contribution >= 4 is 11.6 Å². The van der Waals surface area contributed by atoms with Crippen molar-refractivity contribution < 1.29 is 17.9 Å². The molecule has 1 atom stereocenters. The van der Waals surface area contributed by atoms with E-state index in [1.54, 1.807) is 0 Å². The summed E-state index contributed by atoms with van der Waals surface area (Å²) < 4.78 is 45.7. The SMILES string of the molecule is NC(=NCc1nnc2ccc(C(F)(F)F)cn12)NC1CCOc2ccccc21. The van der Waals surface area contributed by atoms with Crippen LogP contribution >= 0.6 is 0 Å². The molecule has 28 heavy (non-hydrogen) atoms. The zero-order valence-corrected chi connectivity index (χ0v) is 14.6. The zero-order valence-electron chi connectivity index (χ0n) is 14.6. The number of guanidine groups is 1. The van der Waals surface area contributed by atoms with Crippen molar-refractivity contribution in [3.05, 3.63) is 59.5 Å². The fraction of sp³-hybridized carbons (Fsp3) is 0.278. The fourth-order valence-corrected chi connectivity index (χ4v) is 3.09. The normalized spacial score (nSPS) is 17.2. The van der Waals surface area contributed by atoms with E-state index in [4.69, 9.17) is 10.5 Å². The van der Waals surface area contributed by atoms with Gasteiger partial charge in [-0.15, -0.1) is 10.2 Å². The molecule has 1 aromatic carbocycles. The van der Waals surface area contributed by atoms with E-state index in [1.807, 2.05) is 24.3 Å². The molecule has 3 aromatic rings. The minimum atomic E-state index is -4.45. The number of alkyl halides is 3. The average molecular weight is 390 g/mol. The molecule has 10 heteroatoms. The van der Waals surface area contributed by atoms with E-state index in [9.17, 15) is 13.2 Å². The van der Waals surface area contributed by atoms with E-state index in [0.717, 1.165) is 30.0 Å². The molecule has 1 aliphatic rings. The lowest BCUT2D eigenvalue weighted by atomic mass is 10.0. The summed E-state index contributed by atoms with van der Waals surface area (Å²) in [6, 6.07) is 9.82. The highest BCUT2D eigenvalue weighted by molar-refractivity contribution is 5.78. The quantitative estimate of drug-likeness (QED) is 0.530. The molecule has 0 radical (unpaired) electrons. The summed E-state index contributed by atoms with van der Waals surface area (Å²) in [5.41, 5.74) is 6.49. The molecule has 0 spiro atoms. The van der Waals surface area contributed by atoms with Crippen LogP contribution in [0.3, 0.4) is 0 Å². The molecule has 146 valence electrons. The molecule has 2 aromatic heterocycles. The van der Waals surface area contributed by atoms with E-state index in [-0.39, 0.29) is 24.4 Å². The van der Waals surface area contributed by atoms with Gasteiger partial charge in [0, 0.05) is 18.2 Å². The third-order valence-corrected chi connectivity index (χ3v) is 4.47. The number of benzene rings is 1. The summed E-state index contributed by atoms with van der Waals surface area (Å²) in [4.78, 5) is 4.21. The molecule has 0 aliphatic carbocycles. The lowest BCUT2D eigenvalue weighted by molar-refractivity contribution is -0.137. The van der Waals surface area contributed by atoms with Gasteiger partial charge in [0.15, 0.2) is 17.4 Å². The number of rotatable bonds is 3. The van der Waals surface area contributed by atoms with Gasteiger partial charge < -0.3 is 15.8 Å². The number of hydrogen-bond acceptors (Lipinski definition) is 4. The highest BCUT2D eigenvalue weighted by Crippen LogP contribution is 2.31. The van der Waals surface area contributed by atoms with Crippen LogP contribution in [0.1, 0.15) is 29.4 Å². The van der Waals surface area contributed by atoms with Crippen LogP contribution in [-0.2, 0) is 12.7 Å². The topological polar surface area (TPSA) is 89.8 Å². The molecule has 0 bridgehead atoms. The van der Waals surface area contributed by atoms with E-state index < -0.39 is 11.7 Å². The number of fused-ring (bicyclic) bond motifs is 2. The van der Waals surface area contributed by atoms with Crippen molar-refractivity contribution in [1.82, 2.24) is 19.9 Å². The number of nitrogens with two attached hydrogens (primary N) is 1. The smallest absolute Gasteiger partial charge is 0.417 e. The predicted molar refractivity (Wildman–Crippen MR) is 95.7 cm³/mol. The van der Waals surface area contributed by atoms with E-state index >= 15 is 0 Å². The highest BCUT2D eigenvalue weighted by Gasteiger charge is 2.31. The van der Waals surface area contributed by atoms with Gasteiger partial charge in [-0.05, 0) is 18.2 Å². The van der Waals surface area contributed by atoms with Gasteiger partial charge in [0.25, 0.3) is 0 Å². The summed E-state index contributed by atoms with van der Waals surface area (Å²) in [6.07, 6.45) is -2.77. The van der Waals surface area contributed by atoms with E-state index in [0.29, 0.717) is 12.3 Å². The van der Waals surface area contributed by atoms with Gasteiger partial charge in [-0.1, -0.05) is 18.2 Å². The third kappa shape index (κ3) is 3.57. The van der Waals surface area contributed by atoms with Crippen molar-refractivity contribution in [2.75, 3.05) is 6.61 Å². The number of ether oxygens (including phenoxy) is 1. The Balaban J connectivity index is 1.52. The van der Waals surface area contributed by atoms with Gasteiger partial charge in [0.2, 0.25) is 0 Å². The van der Waals surface area contributed by atoms with Crippen LogP contribution in [0.4, 0.5) is 13.2 Å². The first-order valence-electron chi connectivity index (χ1n) is 8.61. The second-order valence-corrected chi connectivity index (χ2v) is 6.33. The summed E-state index contributed by atoms with van der Waals surface area (Å²) >= 11 is 0. The molecule has 3 heterocycles. The Bertz CT molecular complexity index is 1030. The number of para-hydroxylation sites is 1. The van der Waals surface area contributed by atoms with Crippen molar-refractivity contribution in [2.45, 2.75) is 25.2 Å². The Labute approximate surface area is 158 Å². The van der Waals surface area contributed by atoms with Gasteiger partial charge in [-0.25, -0.2) is 4.99 Å². The maximum atomic E-state index is 12.9. The Morgan fingerprint density at radius 3 is 2.89 bits per heavy atom. The number of pyridine rings is 1. The lowest BCUT2D eigenvalue weighted by Crippen LogP contribution is -2.37. The number of nitrogens with zero attached hydrogens (tertiary/aromatic N) is 4. The second-order valence-electron chi connectivity index (χ2n) is 6.33. The molecule has 7 nitrogen and oxygen atoms in total. The van der Waals surface area contributed by atoms with Crippen LogP contribution in [0.2, 0.25) is 0 Å². The Hall–Kier alpha value is -3.30. The van der Waals surface area contributed by atoms with Crippen molar-refractivity contribution in [3.63, 3.8) is 0 Å². The summed E-state index contributed by atoms with van der Waals surface area (Å²) in [5.74, 6) is 1.23. The molecule has 3 N–H and O–H groups in total. The molecule has 1 aliphatic heterocycles. The molecule has 0 amide bonds. The van der Waals surface area contributed by atoms with Crippen LogP contribution in [0.15, 0.2) is 47.6 Å². The van der Waals surface area contributed by atoms with Gasteiger partial charge in [-0.2, -0.15) is 13.2 Å². The molecule has 0 saturated heterocycles. The summed E-state index contributed by atoms with van der Waals surface area (Å²) in [7, 11) is 0. The van der Waals surface area contributed by atoms with Crippen molar-refractivity contribution in [3.8, 4) is 5.75 Å². The van der Waals surface area contributed by atoms with Gasteiger partial charge >= 0.3 is 6.18 Å². The summed E-state index contributed by atoms with van der Waals surface area (Å²) in [5, 5.41) is 10.9. The van der Waals surface area contributed by atoms with E-state index in [2.05, 4.69) is 20.5 Å². The Kier molecular flexibility index (Phi) is 4.54. The zero-order chi connectivity index (χ0) is 19.7. The van der Waals surface area contributed by atoms with Gasteiger partial charge in [0.1, 0.15) is 12.3 Å². The second kappa shape index (κ2) is 7.02. The van der Waals surface area contributed by atoms with Crippen LogP contribution < -0.4 is 15.8 Å². The average Bonchev–Trinajstić information content (AvgIpc) is 3.08.